The molecule has 2 N–H and O–H groups in total. The summed E-state index contributed by atoms with van der Waals surface area (Å²) in [6, 6.07) is 12.4. The predicted molar refractivity (Wildman–Crippen MR) is 122 cm³/mol. The summed E-state index contributed by atoms with van der Waals surface area (Å²) in [5.74, 6) is 0.781. The molecular formula is C23H23Cl2N3O3. The monoisotopic (exact) mass is 459 g/mol. The number of aryl methyl sites for hydroxylation is 1. The minimum absolute atomic E-state index is 0.0306. The average Bonchev–Trinajstić information content (AvgIpc) is 3.16. The Bertz CT molecular complexity index is 1060. The van der Waals surface area contributed by atoms with Gasteiger partial charge in [0.05, 0.1) is 17.6 Å². The number of oxazole rings is 1. The molecule has 0 unspecified atom stereocenters. The van der Waals surface area contributed by atoms with Crippen molar-refractivity contribution in [3.05, 3.63) is 70.2 Å². The highest BCUT2D eigenvalue weighted by Gasteiger charge is 2.12. The molecule has 2 amide bonds. The molecule has 3 rings (SSSR count). The Hall–Kier alpha value is -2.83. The molecule has 1 aromatic heterocycles. The number of benzene rings is 2. The predicted octanol–water partition coefficient (Wildman–Crippen LogP) is 5.29. The van der Waals surface area contributed by atoms with E-state index in [2.05, 4.69) is 15.6 Å². The first-order chi connectivity index (χ1) is 14.8. The van der Waals surface area contributed by atoms with Crippen LogP contribution in [0.2, 0.25) is 10.0 Å². The van der Waals surface area contributed by atoms with E-state index in [1.165, 1.54) is 0 Å². The van der Waals surface area contributed by atoms with E-state index in [4.69, 9.17) is 27.6 Å². The van der Waals surface area contributed by atoms with Crippen LogP contribution in [-0.2, 0) is 22.4 Å². The highest BCUT2D eigenvalue weighted by Crippen LogP contribution is 2.30. The van der Waals surface area contributed by atoms with E-state index in [0.29, 0.717) is 45.8 Å². The largest absolute Gasteiger partial charge is 0.441 e. The van der Waals surface area contributed by atoms with Gasteiger partial charge < -0.3 is 15.1 Å². The lowest BCUT2D eigenvalue weighted by Gasteiger charge is -2.09. The second kappa shape index (κ2) is 10.5. The maximum absolute atomic E-state index is 12.3. The summed E-state index contributed by atoms with van der Waals surface area (Å²) in [5, 5.41) is 6.69. The van der Waals surface area contributed by atoms with E-state index in [1.807, 2.05) is 26.0 Å². The van der Waals surface area contributed by atoms with Gasteiger partial charge in [-0.15, -0.1) is 0 Å². The lowest BCUT2D eigenvalue weighted by molar-refractivity contribution is -0.121. The molecule has 8 heteroatoms. The Morgan fingerprint density at radius 1 is 1.06 bits per heavy atom. The zero-order valence-electron chi connectivity index (χ0n) is 17.2. The molecule has 0 bridgehead atoms. The fourth-order valence-electron chi connectivity index (χ4n) is 2.95. The third kappa shape index (κ3) is 6.84. The third-order valence-electron chi connectivity index (χ3n) is 4.37. The van der Waals surface area contributed by atoms with Gasteiger partial charge in [-0.1, -0.05) is 35.3 Å². The van der Waals surface area contributed by atoms with Gasteiger partial charge in [-0.3, -0.25) is 9.59 Å². The summed E-state index contributed by atoms with van der Waals surface area (Å²) in [5.41, 5.74) is 2.24. The van der Waals surface area contributed by atoms with Crippen LogP contribution in [0.15, 0.2) is 53.1 Å². The molecule has 0 saturated heterocycles. The third-order valence-corrected chi connectivity index (χ3v) is 4.92. The molecule has 0 aliphatic heterocycles. The van der Waals surface area contributed by atoms with Crippen molar-refractivity contribution < 1.29 is 14.0 Å². The summed E-state index contributed by atoms with van der Waals surface area (Å²) in [6.45, 7) is 3.84. The van der Waals surface area contributed by atoms with Crippen LogP contribution >= 0.6 is 23.2 Å². The SMILES string of the molecule is CC(C)NC(=O)Cc1ccc(NC(=O)CCc2ncc(-c3ccc(Cl)cc3Cl)o2)cc1. The fraction of sp³-hybridized carbons (Fsp3) is 0.261. The summed E-state index contributed by atoms with van der Waals surface area (Å²) < 4.78 is 5.71. The molecule has 0 radical (unpaired) electrons. The van der Waals surface area contributed by atoms with E-state index >= 15 is 0 Å². The standard InChI is InChI=1S/C23H23Cl2N3O3/c1-14(2)27-22(30)11-15-3-6-17(7-4-15)28-21(29)9-10-23-26-13-20(31-23)18-8-5-16(24)12-19(18)25/h3-8,12-14H,9-11H2,1-2H3,(H,27,30)(H,28,29). The van der Waals surface area contributed by atoms with Crippen LogP contribution in [0.4, 0.5) is 5.69 Å². The Balaban J connectivity index is 1.50. The van der Waals surface area contributed by atoms with E-state index in [1.54, 1.807) is 36.5 Å². The number of aromatic nitrogens is 1. The molecule has 6 nitrogen and oxygen atoms in total. The van der Waals surface area contributed by atoms with Crippen LogP contribution in [0.3, 0.4) is 0 Å². The highest BCUT2D eigenvalue weighted by molar-refractivity contribution is 6.36. The number of halogens is 2. The minimum atomic E-state index is -0.158. The van der Waals surface area contributed by atoms with E-state index in [0.717, 1.165) is 5.56 Å². The maximum atomic E-state index is 12.3. The van der Waals surface area contributed by atoms with Crippen LogP contribution in [0.25, 0.3) is 11.3 Å². The van der Waals surface area contributed by atoms with Crippen molar-refractivity contribution in [2.75, 3.05) is 5.32 Å². The highest BCUT2D eigenvalue weighted by atomic mass is 35.5. The first-order valence-electron chi connectivity index (χ1n) is 9.88. The lowest BCUT2D eigenvalue weighted by atomic mass is 10.1. The summed E-state index contributed by atoms with van der Waals surface area (Å²) >= 11 is 12.1. The van der Waals surface area contributed by atoms with Crippen molar-refractivity contribution in [3.63, 3.8) is 0 Å². The van der Waals surface area contributed by atoms with E-state index in [-0.39, 0.29) is 24.3 Å². The molecule has 31 heavy (non-hydrogen) atoms. The second-order valence-corrected chi connectivity index (χ2v) is 8.23. The van der Waals surface area contributed by atoms with E-state index in [9.17, 15) is 9.59 Å². The van der Waals surface area contributed by atoms with Crippen molar-refractivity contribution in [1.29, 1.82) is 0 Å². The van der Waals surface area contributed by atoms with Crippen molar-refractivity contribution in [2.45, 2.75) is 39.2 Å². The molecule has 0 spiro atoms. The van der Waals surface area contributed by atoms with Crippen molar-refractivity contribution in [2.24, 2.45) is 0 Å². The zero-order chi connectivity index (χ0) is 22.4. The zero-order valence-corrected chi connectivity index (χ0v) is 18.8. The van der Waals surface area contributed by atoms with Gasteiger partial charge in [-0.25, -0.2) is 4.98 Å². The molecule has 162 valence electrons. The quantitative estimate of drug-likeness (QED) is 0.479. The van der Waals surface area contributed by atoms with Crippen molar-refractivity contribution >= 4 is 40.7 Å². The van der Waals surface area contributed by atoms with Crippen molar-refractivity contribution in [1.82, 2.24) is 10.3 Å². The van der Waals surface area contributed by atoms with Crippen LogP contribution in [0.5, 0.6) is 0 Å². The molecule has 2 aromatic carbocycles. The number of anilines is 1. The Kier molecular flexibility index (Phi) is 7.71. The van der Waals surface area contributed by atoms with Gasteiger partial charge in [0, 0.05) is 35.2 Å². The Morgan fingerprint density at radius 2 is 1.81 bits per heavy atom. The number of carbonyl (C=O) groups excluding carboxylic acids is 2. The molecule has 0 aliphatic rings. The smallest absolute Gasteiger partial charge is 0.224 e. The average molecular weight is 460 g/mol. The molecule has 0 fully saturated rings. The van der Waals surface area contributed by atoms with Gasteiger partial charge in [-0.05, 0) is 49.7 Å². The topological polar surface area (TPSA) is 84.2 Å². The summed E-state index contributed by atoms with van der Waals surface area (Å²) in [7, 11) is 0. The first-order valence-corrected chi connectivity index (χ1v) is 10.6. The van der Waals surface area contributed by atoms with Crippen LogP contribution in [0, 0.1) is 0 Å². The molecule has 3 aromatic rings. The number of amides is 2. The number of nitrogens with zero attached hydrogens (tertiary/aromatic N) is 1. The van der Waals surface area contributed by atoms with Gasteiger partial charge in [-0.2, -0.15) is 0 Å². The molecule has 0 saturated carbocycles. The number of rotatable bonds is 8. The molecule has 0 aliphatic carbocycles. The van der Waals surface area contributed by atoms with Gasteiger partial charge in [0.25, 0.3) is 0 Å². The second-order valence-electron chi connectivity index (χ2n) is 7.39. The van der Waals surface area contributed by atoms with Gasteiger partial charge >= 0.3 is 0 Å². The maximum Gasteiger partial charge on any atom is 0.224 e. The Labute approximate surface area is 191 Å². The van der Waals surface area contributed by atoms with Crippen LogP contribution < -0.4 is 10.6 Å². The minimum Gasteiger partial charge on any atom is -0.441 e. The normalized spacial score (nSPS) is 10.9. The molecular weight excluding hydrogens is 437 g/mol. The first kappa shape index (κ1) is 22.8. The van der Waals surface area contributed by atoms with Crippen LogP contribution in [-0.4, -0.2) is 22.8 Å². The van der Waals surface area contributed by atoms with E-state index < -0.39 is 0 Å². The van der Waals surface area contributed by atoms with Crippen molar-refractivity contribution in [3.8, 4) is 11.3 Å². The summed E-state index contributed by atoms with van der Waals surface area (Å²) in [6.07, 6.45) is 2.45. The molecule has 0 atom stereocenters. The van der Waals surface area contributed by atoms with Gasteiger partial charge in [0.2, 0.25) is 11.8 Å². The fourth-order valence-corrected chi connectivity index (χ4v) is 3.45. The number of nitrogens with one attached hydrogen (secondary N) is 2. The lowest BCUT2D eigenvalue weighted by Crippen LogP contribution is -2.31. The number of hydrogen-bond acceptors (Lipinski definition) is 4. The van der Waals surface area contributed by atoms with Crippen LogP contribution in [0.1, 0.15) is 31.7 Å². The van der Waals surface area contributed by atoms with Gasteiger partial charge in [0.1, 0.15) is 0 Å². The number of carbonyl (C=O) groups is 2. The molecule has 1 heterocycles. The van der Waals surface area contributed by atoms with Gasteiger partial charge in [0.15, 0.2) is 11.7 Å². The number of hydrogen-bond donors (Lipinski definition) is 2. The summed E-state index contributed by atoms with van der Waals surface area (Å²) in [4.78, 5) is 28.3. The Morgan fingerprint density at radius 3 is 2.48 bits per heavy atom.